The van der Waals surface area contributed by atoms with Gasteiger partial charge >= 0.3 is 5.97 Å². The van der Waals surface area contributed by atoms with Crippen LogP contribution >= 0.6 is 0 Å². The van der Waals surface area contributed by atoms with Gasteiger partial charge in [0.1, 0.15) is 11.8 Å². The molecule has 1 aromatic heterocycles. The van der Waals surface area contributed by atoms with E-state index in [0.717, 1.165) is 24.8 Å². The monoisotopic (exact) mass is 493 g/mol. The molecule has 1 heterocycles. The number of esters is 1. The van der Waals surface area contributed by atoms with Gasteiger partial charge in [0.15, 0.2) is 0 Å². The SMILES string of the molecule is CCCCCCCCCc1ccc(C(CC)OC(=O)c2ccc(CCCCCCCCC)cn2)cc1. The predicted molar refractivity (Wildman–Crippen MR) is 153 cm³/mol. The zero-order valence-corrected chi connectivity index (χ0v) is 23.4. The Balaban J connectivity index is 1.73. The van der Waals surface area contributed by atoms with Crippen molar-refractivity contribution in [1.29, 1.82) is 0 Å². The lowest BCUT2D eigenvalue weighted by molar-refractivity contribution is 0.0281. The van der Waals surface area contributed by atoms with Crippen LogP contribution in [-0.4, -0.2) is 11.0 Å². The number of aryl methyl sites for hydroxylation is 2. The minimum atomic E-state index is -0.337. The fourth-order valence-corrected chi connectivity index (χ4v) is 4.74. The molecular weight excluding hydrogens is 442 g/mol. The molecule has 0 fully saturated rings. The van der Waals surface area contributed by atoms with Gasteiger partial charge in [-0.1, -0.05) is 128 Å². The summed E-state index contributed by atoms with van der Waals surface area (Å²) >= 11 is 0. The third-order valence-corrected chi connectivity index (χ3v) is 7.14. The second-order valence-corrected chi connectivity index (χ2v) is 10.3. The minimum Gasteiger partial charge on any atom is -0.453 e. The van der Waals surface area contributed by atoms with Crippen molar-refractivity contribution in [1.82, 2.24) is 4.98 Å². The van der Waals surface area contributed by atoms with E-state index < -0.39 is 0 Å². The van der Waals surface area contributed by atoms with E-state index in [1.165, 1.54) is 101 Å². The molecule has 0 amide bonds. The lowest BCUT2D eigenvalue weighted by atomic mass is 10.0. The number of pyridine rings is 1. The van der Waals surface area contributed by atoms with Gasteiger partial charge in [-0.25, -0.2) is 9.78 Å². The number of aromatic nitrogens is 1. The molecule has 1 atom stereocenters. The van der Waals surface area contributed by atoms with Gasteiger partial charge in [-0.05, 0) is 54.9 Å². The van der Waals surface area contributed by atoms with Crippen LogP contribution in [0.15, 0.2) is 42.6 Å². The Morgan fingerprint density at radius 2 is 1.17 bits per heavy atom. The molecule has 0 spiro atoms. The van der Waals surface area contributed by atoms with Gasteiger partial charge in [-0.2, -0.15) is 0 Å². The fraction of sp³-hybridized carbons (Fsp3) is 0.636. The lowest BCUT2D eigenvalue weighted by Crippen LogP contribution is -2.12. The summed E-state index contributed by atoms with van der Waals surface area (Å²) in [6, 6.07) is 12.5. The van der Waals surface area contributed by atoms with Crippen molar-refractivity contribution in [3.8, 4) is 0 Å². The molecule has 0 saturated heterocycles. The van der Waals surface area contributed by atoms with E-state index in [1.54, 1.807) is 0 Å². The summed E-state index contributed by atoms with van der Waals surface area (Å²) in [6.45, 7) is 6.58. The molecule has 0 saturated carbocycles. The van der Waals surface area contributed by atoms with E-state index in [-0.39, 0.29) is 12.1 Å². The first-order valence-electron chi connectivity index (χ1n) is 14.9. The van der Waals surface area contributed by atoms with Crippen LogP contribution in [0.5, 0.6) is 0 Å². The third-order valence-electron chi connectivity index (χ3n) is 7.14. The summed E-state index contributed by atoms with van der Waals surface area (Å²) in [7, 11) is 0. The average molecular weight is 494 g/mol. The van der Waals surface area contributed by atoms with E-state index in [1.807, 2.05) is 18.3 Å². The maximum absolute atomic E-state index is 12.7. The van der Waals surface area contributed by atoms with Crippen molar-refractivity contribution >= 4 is 5.97 Å². The second kappa shape index (κ2) is 19.0. The Morgan fingerprint density at radius 1 is 0.667 bits per heavy atom. The van der Waals surface area contributed by atoms with Crippen LogP contribution in [0.4, 0.5) is 0 Å². The van der Waals surface area contributed by atoms with Gasteiger partial charge in [-0.3, -0.25) is 0 Å². The van der Waals surface area contributed by atoms with Crippen molar-refractivity contribution in [2.45, 2.75) is 136 Å². The van der Waals surface area contributed by atoms with Gasteiger partial charge in [0.05, 0.1) is 0 Å². The summed E-state index contributed by atoms with van der Waals surface area (Å²) < 4.78 is 5.84. The molecule has 2 aromatic rings. The highest BCUT2D eigenvalue weighted by Gasteiger charge is 2.17. The highest BCUT2D eigenvalue weighted by molar-refractivity contribution is 5.87. The molecule has 0 aliphatic heterocycles. The molecule has 3 heteroatoms. The number of carbonyl (C=O) groups excluding carboxylic acids is 1. The minimum absolute atomic E-state index is 0.237. The second-order valence-electron chi connectivity index (χ2n) is 10.3. The Morgan fingerprint density at radius 3 is 1.67 bits per heavy atom. The van der Waals surface area contributed by atoms with Gasteiger partial charge < -0.3 is 4.74 Å². The number of hydrogen-bond acceptors (Lipinski definition) is 3. The molecule has 0 aliphatic carbocycles. The highest BCUT2D eigenvalue weighted by atomic mass is 16.5. The number of benzene rings is 1. The first-order valence-corrected chi connectivity index (χ1v) is 14.9. The van der Waals surface area contributed by atoms with Crippen LogP contribution in [0.25, 0.3) is 0 Å². The quantitative estimate of drug-likeness (QED) is 0.136. The van der Waals surface area contributed by atoms with Crippen LogP contribution in [-0.2, 0) is 17.6 Å². The van der Waals surface area contributed by atoms with Crippen LogP contribution in [0, 0.1) is 0 Å². The smallest absolute Gasteiger partial charge is 0.357 e. The number of ether oxygens (including phenoxy) is 1. The number of carbonyl (C=O) groups is 1. The summed E-state index contributed by atoms with van der Waals surface area (Å²) in [5.74, 6) is -0.337. The molecular formula is C33H51NO2. The zero-order valence-electron chi connectivity index (χ0n) is 23.4. The maximum Gasteiger partial charge on any atom is 0.357 e. The summed E-state index contributed by atoms with van der Waals surface area (Å²) in [4.78, 5) is 17.1. The highest BCUT2D eigenvalue weighted by Crippen LogP contribution is 2.23. The average Bonchev–Trinajstić information content (AvgIpc) is 2.91. The van der Waals surface area contributed by atoms with Gasteiger partial charge in [0.2, 0.25) is 0 Å². The van der Waals surface area contributed by atoms with Gasteiger partial charge in [0, 0.05) is 6.20 Å². The van der Waals surface area contributed by atoms with Crippen molar-refractivity contribution in [2.24, 2.45) is 0 Å². The molecule has 0 N–H and O–H groups in total. The largest absolute Gasteiger partial charge is 0.453 e. The van der Waals surface area contributed by atoms with Crippen LogP contribution in [0.1, 0.15) is 150 Å². The van der Waals surface area contributed by atoms with Crippen molar-refractivity contribution < 1.29 is 9.53 Å². The standard InChI is InChI=1S/C33H51NO2/c1-4-7-9-11-13-15-17-19-28-21-24-30(25-22-28)32(6-3)36-33(35)31-26-23-29(27-34-31)20-18-16-14-12-10-8-5-2/h21-27,32H,4-20H2,1-3H3. The topological polar surface area (TPSA) is 39.2 Å². The Bertz CT molecular complexity index is 813. The zero-order chi connectivity index (χ0) is 25.8. The predicted octanol–water partition coefficient (Wildman–Crippen LogP) is 9.98. The first-order chi connectivity index (χ1) is 17.7. The molecule has 2 rings (SSSR count). The number of unbranched alkanes of at least 4 members (excludes halogenated alkanes) is 12. The molecule has 36 heavy (non-hydrogen) atoms. The molecule has 0 radical (unpaired) electrons. The van der Waals surface area contributed by atoms with Crippen molar-refractivity contribution in [3.05, 3.63) is 65.0 Å². The number of rotatable bonds is 20. The van der Waals surface area contributed by atoms with E-state index in [4.69, 9.17) is 4.74 Å². The molecule has 1 aromatic carbocycles. The van der Waals surface area contributed by atoms with Crippen LogP contribution < -0.4 is 0 Å². The lowest BCUT2D eigenvalue weighted by Gasteiger charge is -2.17. The first kappa shape index (κ1) is 30.1. The number of nitrogens with zero attached hydrogens (tertiary/aromatic N) is 1. The molecule has 0 aliphatic rings. The van der Waals surface area contributed by atoms with E-state index in [0.29, 0.717) is 5.69 Å². The fourth-order valence-electron chi connectivity index (χ4n) is 4.74. The normalized spacial score (nSPS) is 12.0. The summed E-state index contributed by atoms with van der Waals surface area (Å²) in [6.07, 6.45) is 22.9. The number of hydrogen-bond donors (Lipinski definition) is 0. The molecule has 0 bridgehead atoms. The third kappa shape index (κ3) is 12.2. The van der Waals surface area contributed by atoms with Crippen LogP contribution in [0.3, 0.4) is 0 Å². The Kier molecular flexibility index (Phi) is 15.9. The summed E-state index contributed by atoms with van der Waals surface area (Å²) in [5.41, 5.74) is 4.02. The van der Waals surface area contributed by atoms with E-state index >= 15 is 0 Å². The molecule has 200 valence electrons. The van der Waals surface area contributed by atoms with Gasteiger partial charge in [-0.15, -0.1) is 0 Å². The van der Waals surface area contributed by atoms with Crippen LogP contribution in [0.2, 0.25) is 0 Å². The van der Waals surface area contributed by atoms with Crippen molar-refractivity contribution in [3.63, 3.8) is 0 Å². The maximum atomic E-state index is 12.7. The Labute approximate surface area is 221 Å². The Hall–Kier alpha value is -2.16. The van der Waals surface area contributed by atoms with Gasteiger partial charge in [0.25, 0.3) is 0 Å². The van der Waals surface area contributed by atoms with E-state index in [9.17, 15) is 4.79 Å². The van der Waals surface area contributed by atoms with Crippen molar-refractivity contribution in [2.75, 3.05) is 0 Å². The van der Waals surface area contributed by atoms with E-state index in [2.05, 4.69) is 50.0 Å². The molecule has 3 nitrogen and oxygen atoms in total. The summed E-state index contributed by atoms with van der Waals surface area (Å²) in [5, 5.41) is 0. The molecule has 1 unspecified atom stereocenters.